The monoisotopic (exact) mass is 394 g/mol. The number of hydrogen-bond acceptors (Lipinski definition) is 4. The fourth-order valence-corrected chi connectivity index (χ4v) is 4.42. The number of piperidine rings is 1. The van der Waals surface area contributed by atoms with Gasteiger partial charge in [0.05, 0.1) is 6.54 Å². The lowest BCUT2D eigenvalue weighted by atomic mass is 9.87. The van der Waals surface area contributed by atoms with E-state index in [2.05, 4.69) is 16.4 Å². The Morgan fingerprint density at radius 1 is 1.07 bits per heavy atom. The van der Waals surface area contributed by atoms with Crippen LogP contribution in [-0.2, 0) is 19.2 Å². The smallest absolute Gasteiger partial charge is 0.277 e. The van der Waals surface area contributed by atoms with Crippen molar-refractivity contribution in [2.24, 2.45) is 5.92 Å². The highest BCUT2D eigenvalue weighted by molar-refractivity contribution is 5.93. The summed E-state index contributed by atoms with van der Waals surface area (Å²) in [5.74, 6) is -0.705. The van der Waals surface area contributed by atoms with Gasteiger partial charge in [-0.1, -0.05) is 19.3 Å². The number of rotatable bonds is 4. The molecule has 4 amide bonds. The van der Waals surface area contributed by atoms with Crippen LogP contribution in [0.4, 0.5) is 0 Å². The number of nitrogens with zero attached hydrogens (tertiary/aromatic N) is 2. The fourth-order valence-electron chi connectivity index (χ4n) is 4.42. The summed E-state index contributed by atoms with van der Waals surface area (Å²) in [5.41, 5.74) is 3.64. The zero-order valence-corrected chi connectivity index (χ0v) is 16.5. The molecule has 5 N–H and O–H groups in total. The van der Waals surface area contributed by atoms with E-state index in [1.54, 1.807) is 9.80 Å². The molecule has 3 aliphatic rings. The third-order valence-corrected chi connectivity index (χ3v) is 6.09. The van der Waals surface area contributed by atoms with Gasteiger partial charge in [0.1, 0.15) is 12.1 Å². The number of amides is 4. The average Bonchev–Trinajstić information content (AvgIpc) is 2.74. The Bertz CT molecular complexity index is 619. The van der Waals surface area contributed by atoms with E-state index in [1.807, 2.05) is 0 Å². The molecule has 28 heavy (non-hydrogen) atoms. The number of nitrogens with one attached hydrogen (secondary N) is 2. The quantitative estimate of drug-likeness (QED) is 0.522. The van der Waals surface area contributed by atoms with E-state index >= 15 is 0 Å². The minimum atomic E-state index is -0.756. The molecular weight excluding hydrogens is 362 g/mol. The lowest BCUT2D eigenvalue weighted by molar-refractivity contribution is -0.357. The second-order valence-corrected chi connectivity index (χ2v) is 7.97. The lowest BCUT2D eigenvalue weighted by Gasteiger charge is -2.42. The normalized spacial score (nSPS) is 26.5. The van der Waals surface area contributed by atoms with E-state index in [9.17, 15) is 19.2 Å². The number of carbonyl (C=O) groups is 4. The molecule has 3 fully saturated rings. The van der Waals surface area contributed by atoms with Gasteiger partial charge in [-0.25, -0.2) is 0 Å². The molecule has 0 unspecified atom stereocenters. The van der Waals surface area contributed by atoms with E-state index in [0.29, 0.717) is 26.1 Å². The first-order valence-electron chi connectivity index (χ1n) is 10.5. The molecule has 0 aromatic heterocycles. The summed E-state index contributed by atoms with van der Waals surface area (Å²) in [6.45, 7) is 1.66. The summed E-state index contributed by atoms with van der Waals surface area (Å²) in [4.78, 5) is 53.5. The summed E-state index contributed by atoms with van der Waals surface area (Å²) in [5, 5.41) is 5.56. The van der Waals surface area contributed by atoms with E-state index in [1.165, 1.54) is 0 Å². The maximum absolute atomic E-state index is 13.1. The minimum Gasteiger partial charge on any atom is -0.354 e. The molecule has 1 saturated carbocycles. The first-order valence-corrected chi connectivity index (χ1v) is 10.5. The van der Waals surface area contributed by atoms with Crippen LogP contribution in [0.1, 0.15) is 44.9 Å². The van der Waals surface area contributed by atoms with Gasteiger partial charge in [-0.05, 0) is 25.7 Å². The van der Waals surface area contributed by atoms with Crippen molar-refractivity contribution in [3.63, 3.8) is 0 Å². The Kier molecular flexibility index (Phi) is 6.88. The topological polar surface area (TPSA) is 126 Å². The largest absolute Gasteiger partial charge is 0.354 e. The van der Waals surface area contributed by atoms with Crippen LogP contribution in [0.15, 0.2) is 0 Å². The van der Waals surface area contributed by atoms with Crippen LogP contribution in [0.5, 0.6) is 0 Å². The van der Waals surface area contributed by atoms with Crippen molar-refractivity contribution in [3.05, 3.63) is 0 Å². The van der Waals surface area contributed by atoms with Crippen molar-refractivity contribution in [2.45, 2.75) is 57.0 Å². The zero-order chi connectivity index (χ0) is 20.1. The Balaban J connectivity index is 1.73. The minimum absolute atomic E-state index is 0.00895. The molecule has 0 bridgehead atoms. The third kappa shape index (κ3) is 4.63. The summed E-state index contributed by atoms with van der Waals surface area (Å²) in [6, 6.07) is -1.33. The van der Waals surface area contributed by atoms with Gasteiger partial charge in [-0.2, -0.15) is 0 Å². The number of carbonyl (C=O) groups excluding carboxylic acids is 4. The zero-order valence-electron chi connectivity index (χ0n) is 16.5. The number of quaternary nitrogens is 1. The molecule has 2 heterocycles. The summed E-state index contributed by atoms with van der Waals surface area (Å²) in [6.07, 6.45) is 6.33. The van der Waals surface area contributed by atoms with E-state index in [4.69, 9.17) is 0 Å². The van der Waals surface area contributed by atoms with Crippen molar-refractivity contribution in [3.8, 4) is 0 Å². The van der Waals surface area contributed by atoms with Gasteiger partial charge in [-0.3, -0.25) is 19.2 Å². The Morgan fingerprint density at radius 3 is 2.50 bits per heavy atom. The molecular formula is C19H32N5O4+. The molecule has 2 aliphatic heterocycles. The summed E-state index contributed by atoms with van der Waals surface area (Å²) >= 11 is 0. The number of hydrogen-bond donors (Lipinski definition) is 3. The van der Waals surface area contributed by atoms with Crippen LogP contribution in [0.2, 0.25) is 0 Å². The molecule has 3 rings (SSSR count). The highest BCUT2D eigenvalue weighted by Gasteiger charge is 2.40. The molecule has 0 radical (unpaired) electrons. The van der Waals surface area contributed by atoms with Crippen LogP contribution in [0.25, 0.3) is 0 Å². The molecule has 0 aromatic carbocycles. The third-order valence-electron chi connectivity index (χ3n) is 6.09. The van der Waals surface area contributed by atoms with Crippen LogP contribution < -0.4 is 16.4 Å². The molecule has 156 valence electrons. The highest BCUT2D eigenvalue weighted by atomic mass is 16.2. The molecule has 2 atom stereocenters. The van der Waals surface area contributed by atoms with Gasteiger partial charge >= 0.3 is 0 Å². The van der Waals surface area contributed by atoms with Gasteiger partial charge in [0.25, 0.3) is 5.91 Å². The molecule has 2 saturated heterocycles. The van der Waals surface area contributed by atoms with Gasteiger partial charge in [-0.15, -0.1) is 0 Å². The van der Waals surface area contributed by atoms with Crippen LogP contribution in [0, 0.1) is 5.92 Å². The van der Waals surface area contributed by atoms with Crippen LogP contribution in [0.3, 0.4) is 0 Å². The molecule has 0 aromatic rings. The Labute approximate surface area is 165 Å². The van der Waals surface area contributed by atoms with E-state index in [0.717, 1.165) is 38.5 Å². The SMILES string of the molecule is [NH3+]CC(=O)N1CCN(C(=O)C2CCCCC2)[C@@H](C(=O)N[C@H]2CCCNC2=O)C1. The summed E-state index contributed by atoms with van der Waals surface area (Å²) < 4.78 is 0. The van der Waals surface area contributed by atoms with Crippen molar-refractivity contribution in [2.75, 3.05) is 32.7 Å². The van der Waals surface area contributed by atoms with Gasteiger partial charge in [0.15, 0.2) is 6.54 Å². The van der Waals surface area contributed by atoms with Crippen molar-refractivity contribution in [1.82, 2.24) is 20.4 Å². The van der Waals surface area contributed by atoms with Crippen LogP contribution >= 0.6 is 0 Å². The second kappa shape index (κ2) is 9.36. The first-order chi connectivity index (χ1) is 13.5. The van der Waals surface area contributed by atoms with E-state index in [-0.39, 0.29) is 42.6 Å². The first kappa shape index (κ1) is 20.6. The van der Waals surface area contributed by atoms with Crippen molar-refractivity contribution in [1.29, 1.82) is 0 Å². The Morgan fingerprint density at radius 2 is 1.82 bits per heavy atom. The maximum atomic E-state index is 13.1. The lowest BCUT2D eigenvalue weighted by Crippen LogP contribution is -2.66. The van der Waals surface area contributed by atoms with Crippen molar-refractivity contribution >= 4 is 23.6 Å². The molecule has 9 nitrogen and oxygen atoms in total. The second-order valence-electron chi connectivity index (χ2n) is 7.97. The predicted octanol–water partition coefficient (Wildman–Crippen LogP) is -1.76. The van der Waals surface area contributed by atoms with E-state index < -0.39 is 12.1 Å². The van der Waals surface area contributed by atoms with Gasteiger partial charge in [0, 0.05) is 25.6 Å². The van der Waals surface area contributed by atoms with Gasteiger partial charge < -0.3 is 26.2 Å². The number of piperazine rings is 1. The fraction of sp³-hybridized carbons (Fsp3) is 0.789. The maximum Gasteiger partial charge on any atom is 0.277 e. The standard InChI is InChI=1S/C19H31N5O4/c20-11-16(25)23-9-10-24(19(28)13-5-2-1-3-6-13)15(12-23)18(27)22-14-7-4-8-21-17(14)26/h13-15H,1-12,20H2,(H,21,26)(H,22,27)/p+1/t14-,15+/m0/s1. The van der Waals surface area contributed by atoms with Crippen molar-refractivity contribution < 1.29 is 24.9 Å². The average molecular weight is 394 g/mol. The highest BCUT2D eigenvalue weighted by Crippen LogP contribution is 2.27. The predicted molar refractivity (Wildman–Crippen MR) is 101 cm³/mol. The Hall–Kier alpha value is -2.16. The molecule has 1 aliphatic carbocycles. The van der Waals surface area contributed by atoms with Crippen LogP contribution in [-0.4, -0.2) is 78.2 Å². The molecule has 9 heteroatoms. The molecule has 0 spiro atoms. The summed E-state index contributed by atoms with van der Waals surface area (Å²) in [7, 11) is 0. The van der Waals surface area contributed by atoms with Gasteiger partial charge in [0.2, 0.25) is 17.7 Å².